The quantitative estimate of drug-likeness (QED) is 0.472. The van der Waals surface area contributed by atoms with E-state index in [0.29, 0.717) is 30.5 Å². The minimum atomic E-state index is -0.171. The van der Waals surface area contributed by atoms with Gasteiger partial charge in [0.05, 0.1) is 14.2 Å². The zero-order chi connectivity index (χ0) is 22.1. The molecular weight excluding hydrogens is 394 g/mol. The molecule has 1 aliphatic rings. The number of hydrogen-bond donors (Lipinski definition) is 2. The Morgan fingerprint density at radius 2 is 1.84 bits per heavy atom. The van der Waals surface area contributed by atoms with Gasteiger partial charge >= 0.3 is 0 Å². The van der Waals surface area contributed by atoms with Crippen LogP contribution in [0, 0.1) is 6.92 Å². The Balaban J connectivity index is 1.46. The first-order chi connectivity index (χ1) is 15.1. The van der Waals surface area contributed by atoms with E-state index in [1.165, 1.54) is 25.3 Å². The minimum Gasteiger partial charge on any atom is -0.493 e. The number of nitrogens with one attached hydrogen (secondary N) is 2. The molecule has 2 N–H and O–H groups in total. The fourth-order valence-electron chi connectivity index (χ4n) is 3.46. The van der Waals surface area contributed by atoms with E-state index in [4.69, 9.17) is 9.47 Å². The highest BCUT2D eigenvalue weighted by molar-refractivity contribution is 5.91. The maximum atomic E-state index is 12.1. The number of nitrogens with zero attached hydrogens (tertiary/aromatic N) is 3. The number of methoxy groups -OCH3 is 2. The lowest BCUT2D eigenvalue weighted by atomic mass is 10.1. The zero-order valence-electron chi connectivity index (χ0n) is 18.5. The molecule has 0 spiro atoms. The summed E-state index contributed by atoms with van der Waals surface area (Å²) in [5, 5.41) is 6.06. The van der Waals surface area contributed by atoms with E-state index in [9.17, 15) is 4.79 Å². The van der Waals surface area contributed by atoms with E-state index in [2.05, 4.69) is 25.5 Å². The van der Waals surface area contributed by atoms with Gasteiger partial charge in [-0.2, -0.15) is 4.98 Å². The fraction of sp³-hybridized carbons (Fsp3) is 0.435. The Labute approximate surface area is 183 Å². The van der Waals surface area contributed by atoms with E-state index in [0.717, 1.165) is 30.2 Å². The number of carbonyl (C=O) groups is 1. The van der Waals surface area contributed by atoms with Gasteiger partial charge in [0.1, 0.15) is 5.82 Å². The van der Waals surface area contributed by atoms with Crippen LogP contribution < -0.4 is 25.0 Å². The van der Waals surface area contributed by atoms with Crippen LogP contribution in [0.25, 0.3) is 6.08 Å². The highest BCUT2D eigenvalue weighted by atomic mass is 16.5. The molecule has 8 heteroatoms. The number of piperidine rings is 1. The van der Waals surface area contributed by atoms with Crippen LogP contribution in [-0.2, 0) is 4.79 Å². The van der Waals surface area contributed by atoms with E-state index >= 15 is 0 Å². The van der Waals surface area contributed by atoms with Gasteiger partial charge in [-0.25, -0.2) is 4.98 Å². The number of ether oxygens (including phenoxy) is 2. The molecule has 8 nitrogen and oxygen atoms in total. The van der Waals surface area contributed by atoms with Gasteiger partial charge in [-0.15, -0.1) is 0 Å². The van der Waals surface area contributed by atoms with Crippen LogP contribution in [0.3, 0.4) is 0 Å². The molecule has 0 bridgehead atoms. The monoisotopic (exact) mass is 425 g/mol. The number of benzene rings is 1. The Morgan fingerprint density at radius 3 is 2.58 bits per heavy atom. The van der Waals surface area contributed by atoms with Crippen LogP contribution in [0.2, 0.25) is 0 Å². The highest BCUT2D eigenvalue weighted by Gasteiger charge is 2.13. The summed E-state index contributed by atoms with van der Waals surface area (Å²) >= 11 is 0. The molecular formula is C23H31N5O3. The summed E-state index contributed by atoms with van der Waals surface area (Å²) in [7, 11) is 3.17. The lowest BCUT2D eigenvalue weighted by Crippen LogP contribution is -2.31. The summed E-state index contributed by atoms with van der Waals surface area (Å²) in [6.45, 7) is 5.06. The molecule has 1 aliphatic heterocycles. The lowest BCUT2D eigenvalue weighted by Gasteiger charge is -2.28. The molecule has 2 aromatic rings. The first-order valence-electron chi connectivity index (χ1n) is 10.6. The maximum absolute atomic E-state index is 12.1. The number of anilines is 2. The third-order valence-corrected chi connectivity index (χ3v) is 5.06. The second-order valence-corrected chi connectivity index (χ2v) is 7.40. The third kappa shape index (κ3) is 6.60. The van der Waals surface area contributed by atoms with Crippen molar-refractivity contribution in [2.24, 2.45) is 0 Å². The predicted octanol–water partition coefficient (Wildman–Crippen LogP) is 3.03. The number of carbonyl (C=O) groups excluding carboxylic acids is 1. The van der Waals surface area contributed by atoms with Gasteiger partial charge in [-0.05, 0) is 50.0 Å². The summed E-state index contributed by atoms with van der Waals surface area (Å²) < 4.78 is 10.5. The van der Waals surface area contributed by atoms with Crippen LogP contribution in [0.5, 0.6) is 11.5 Å². The van der Waals surface area contributed by atoms with E-state index in [1.54, 1.807) is 26.4 Å². The number of amides is 1. The number of aryl methyl sites for hydroxylation is 1. The van der Waals surface area contributed by atoms with Crippen molar-refractivity contribution in [1.29, 1.82) is 0 Å². The molecule has 1 saturated heterocycles. The first-order valence-corrected chi connectivity index (χ1v) is 10.6. The van der Waals surface area contributed by atoms with Crippen LogP contribution in [0.15, 0.2) is 30.3 Å². The highest BCUT2D eigenvalue weighted by Crippen LogP contribution is 2.28. The molecule has 1 fully saturated rings. The van der Waals surface area contributed by atoms with Gasteiger partial charge in [0.15, 0.2) is 11.5 Å². The van der Waals surface area contributed by atoms with E-state index in [1.807, 2.05) is 25.1 Å². The van der Waals surface area contributed by atoms with Gasteiger partial charge in [0.25, 0.3) is 0 Å². The number of aromatic nitrogens is 2. The minimum absolute atomic E-state index is 0.171. The SMILES string of the molecule is COc1ccc(/C=C/C(=O)NCCNc2nc(C)cc(N3CCCCC3)n2)cc1OC. The van der Waals surface area contributed by atoms with Crippen molar-refractivity contribution in [3.05, 3.63) is 41.6 Å². The summed E-state index contributed by atoms with van der Waals surface area (Å²) in [5.41, 5.74) is 1.78. The molecule has 0 radical (unpaired) electrons. The predicted molar refractivity (Wildman–Crippen MR) is 123 cm³/mol. The van der Waals surface area contributed by atoms with Gasteiger partial charge in [-0.1, -0.05) is 6.07 Å². The molecule has 0 saturated carbocycles. The van der Waals surface area contributed by atoms with E-state index in [-0.39, 0.29) is 5.91 Å². The molecule has 1 amide bonds. The standard InChI is InChI=1S/C23H31N5O3/c1-17-15-21(28-13-5-4-6-14-28)27-23(26-17)25-12-11-24-22(29)10-8-18-7-9-19(30-2)20(16-18)31-3/h7-10,15-16H,4-6,11-14H2,1-3H3,(H,24,29)(H,25,26,27)/b10-8+. The normalized spacial score (nSPS) is 13.8. The first kappa shape index (κ1) is 22.4. The molecule has 2 heterocycles. The molecule has 1 aromatic heterocycles. The topological polar surface area (TPSA) is 88.6 Å². The van der Waals surface area contributed by atoms with Crippen molar-refractivity contribution < 1.29 is 14.3 Å². The van der Waals surface area contributed by atoms with Crippen molar-refractivity contribution in [3.8, 4) is 11.5 Å². The average molecular weight is 426 g/mol. The maximum Gasteiger partial charge on any atom is 0.244 e. The van der Waals surface area contributed by atoms with Gasteiger partial charge in [0.2, 0.25) is 11.9 Å². The van der Waals surface area contributed by atoms with E-state index < -0.39 is 0 Å². The number of hydrogen-bond acceptors (Lipinski definition) is 7. The Hall–Kier alpha value is -3.29. The van der Waals surface area contributed by atoms with Crippen LogP contribution in [0.4, 0.5) is 11.8 Å². The molecule has 3 rings (SSSR count). The van der Waals surface area contributed by atoms with Crippen molar-refractivity contribution >= 4 is 23.7 Å². The zero-order valence-corrected chi connectivity index (χ0v) is 18.5. The molecule has 0 aliphatic carbocycles. The molecule has 0 atom stereocenters. The van der Waals surface area contributed by atoms with Crippen molar-refractivity contribution in [2.45, 2.75) is 26.2 Å². The van der Waals surface area contributed by atoms with Crippen molar-refractivity contribution in [1.82, 2.24) is 15.3 Å². The van der Waals surface area contributed by atoms with Crippen LogP contribution >= 0.6 is 0 Å². The Morgan fingerprint density at radius 1 is 1.06 bits per heavy atom. The lowest BCUT2D eigenvalue weighted by molar-refractivity contribution is -0.116. The summed E-state index contributed by atoms with van der Waals surface area (Å²) in [4.78, 5) is 23.5. The summed E-state index contributed by atoms with van der Waals surface area (Å²) in [5.74, 6) is 2.66. The molecule has 31 heavy (non-hydrogen) atoms. The molecule has 1 aromatic carbocycles. The largest absolute Gasteiger partial charge is 0.493 e. The summed E-state index contributed by atoms with van der Waals surface area (Å²) in [6, 6.07) is 7.51. The average Bonchev–Trinajstić information content (AvgIpc) is 2.80. The van der Waals surface area contributed by atoms with Crippen LogP contribution in [-0.4, -0.2) is 56.3 Å². The second-order valence-electron chi connectivity index (χ2n) is 7.40. The number of rotatable bonds is 9. The second kappa shape index (κ2) is 11.2. The fourth-order valence-corrected chi connectivity index (χ4v) is 3.46. The smallest absolute Gasteiger partial charge is 0.244 e. The van der Waals surface area contributed by atoms with Crippen LogP contribution in [0.1, 0.15) is 30.5 Å². The third-order valence-electron chi connectivity index (χ3n) is 5.06. The van der Waals surface area contributed by atoms with Gasteiger partial charge < -0.3 is 25.0 Å². The Bertz CT molecular complexity index is 910. The van der Waals surface area contributed by atoms with Crippen molar-refractivity contribution in [3.63, 3.8) is 0 Å². The van der Waals surface area contributed by atoms with Gasteiger partial charge in [0, 0.05) is 44.0 Å². The molecule has 0 unspecified atom stereocenters. The Kier molecular flexibility index (Phi) is 8.09. The van der Waals surface area contributed by atoms with Gasteiger partial charge in [-0.3, -0.25) is 4.79 Å². The van der Waals surface area contributed by atoms with Crippen molar-refractivity contribution in [2.75, 3.05) is 50.6 Å². The molecule has 166 valence electrons. The summed E-state index contributed by atoms with van der Waals surface area (Å²) in [6.07, 6.45) is 6.92.